The molecule has 1 atom stereocenters. The topological polar surface area (TPSA) is 42.4 Å². The molecule has 0 saturated carbocycles. The molecular weight excluding hydrogens is 316 g/mol. The van der Waals surface area contributed by atoms with Crippen molar-refractivity contribution in [1.82, 2.24) is 9.88 Å². The number of hydrogen-bond donors (Lipinski definition) is 0. The van der Waals surface area contributed by atoms with Crippen LogP contribution in [-0.4, -0.2) is 28.1 Å². The van der Waals surface area contributed by atoms with Crippen molar-refractivity contribution in [3.8, 4) is 0 Å². The highest BCUT2D eigenvalue weighted by atomic mass is 19.4. The van der Waals surface area contributed by atoms with Gasteiger partial charge in [0.2, 0.25) is 0 Å². The molecular formula is C15H20F4N2O2. The van der Waals surface area contributed by atoms with E-state index in [1.54, 1.807) is 27.7 Å². The second kappa shape index (κ2) is 6.72. The van der Waals surface area contributed by atoms with Crippen molar-refractivity contribution in [3.63, 3.8) is 0 Å². The Kier molecular flexibility index (Phi) is 5.60. The Labute approximate surface area is 132 Å². The zero-order chi connectivity index (χ0) is 18.0. The van der Waals surface area contributed by atoms with Gasteiger partial charge in [0.15, 0.2) is 0 Å². The second-order valence-corrected chi connectivity index (χ2v) is 6.03. The van der Waals surface area contributed by atoms with Gasteiger partial charge in [0.05, 0.1) is 17.3 Å². The molecule has 0 radical (unpaired) electrons. The van der Waals surface area contributed by atoms with E-state index >= 15 is 0 Å². The van der Waals surface area contributed by atoms with Crippen LogP contribution in [0.25, 0.3) is 0 Å². The van der Waals surface area contributed by atoms with Gasteiger partial charge < -0.3 is 9.64 Å². The Balaban J connectivity index is 3.07. The molecule has 8 heteroatoms. The molecule has 1 aromatic rings. The van der Waals surface area contributed by atoms with Crippen LogP contribution in [0.3, 0.4) is 0 Å². The molecule has 0 saturated heterocycles. The minimum absolute atomic E-state index is 0.193. The van der Waals surface area contributed by atoms with E-state index in [4.69, 9.17) is 4.74 Å². The lowest BCUT2D eigenvalue weighted by Gasteiger charge is -2.30. The third-order valence-corrected chi connectivity index (χ3v) is 3.03. The molecule has 1 amide bonds. The predicted octanol–water partition coefficient (Wildman–Crippen LogP) is 4.56. The molecule has 130 valence electrons. The van der Waals surface area contributed by atoms with Crippen LogP contribution >= 0.6 is 0 Å². The van der Waals surface area contributed by atoms with Gasteiger partial charge in [-0.3, -0.25) is 4.98 Å². The second-order valence-electron chi connectivity index (χ2n) is 6.03. The summed E-state index contributed by atoms with van der Waals surface area (Å²) in [5.41, 5.74) is -2.16. The Hall–Kier alpha value is -1.86. The third kappa shape index (κ3) is 5.07. The molecule has 4 nitrogen and oxygen atoms in total. The van der Waals surface area contributed by atoms with Gasteiger partial charge in [-0.1, -0.05) is 0 Å². The van der Waals surface area contributed by atoms with E-state index in [0.29, 0.717) is 12.3 Å². The van der Waals surface area contributed by atoms with Crippen LogP contribution < -0.4 is 0 Å². The number of halogens is 4. The van der Waals surface area contributed by atoms with Gasteiger partial charge in [-0.2, -0.15) is 13.2 Å². The lowest BCUT2D eigenvalue weighted by molar-refractivity contribution is -0.138. The van der Waals surface area contributed by atoms with Crippen molar-refractivity contribution in [2.45, 2.75) is 52.4 Å². The van der Waals surface area contributed by atoms with E-state index in [0.717, 1.165) is 0 Å². The highest BCUT2D eigenvalue weighted by Crippen LogP contribution is 2.31. The minimum atomic E-state index is -4.68. The lowest BCUT2D eigenvalue weighted by Crippen LogP contribution is -2.38. The summed E-state index contributed by atoms with van der Waals surface area (Å²) in [5.74, 6) is -1.12. The molecule has 1 rings (SSSR count). The summed E-state index contributed by atoms with van der Waals surface area (Å²) in [6.07, 6.45) is -4.81. The Morgan fingerprint density at radius 2 is 1.91 bits per heavy atom. The summed E-state index contributed by atoms with van der Waals surface area (Å²) in [6, 6.07) is -0.487. The van der Waals surface area contributed by atoms with Gasteiger partial charge in [0.25, 0.3) is 0 Å². The van der Waals surface area contributed by atoms with Crippen LogP contribution in [0.15, 0.2) is 12.3 Å². The summed E-state index contributed by atoms with van der Waals surface area (Å²) >= 11 is 0. The van der Waals surface area contributed by atoms with E-state index in [2.05, 4.69) is 4.98 Å². The normalized spacial score (nSPS) is 13.6. The molecule has 0 aliphatic rings. The number of rotatable bonds is 3. The number of pyridine rings is 1. The standard InChI is InChI=1S/C15H20F4N2O2/c1-6-21(13(22)23-14(3,4)5)9(2)12-11(16)7-10(8-20-12)15(17,18)19/h7-9H,6H2,1-5H3. The number of alkyl halides is 3. The first-order valence-corrected chi connectivity index (χ1v) is 7.09. The quantitative estimate of drug-likeness (QED) is 0.760. The maximum absolute atomic E-state index is 14.0. The van der Waals surface area contributed by atoms with E-state index < -0.39 is 35.3 Å². The van der Waals surface area contributed by atoms with Crippen LogP contribution in [-0.2, 0) is 10.9 Å². The fraction of sp³-hybridized carbons (Fsp3) is 0.600. The number of nitrogens with zero attached hydrogens (tertiary/aromatic N) is 2. The molecule has 1 unspecified atom stereocenters. The van der Waals surface area contributed by atoms with Gasteiger partial charge in [0.1, 0.15) is 11.4 Å². The van der Waals surface area contributed by atoms with Crippen molar-refractivity contribution in [3.05, 3.63) is 29.3 Å². The Morgan fingerprint density at radius 1 is 1.35 bits per heavy atom. The summed E-state index contributed by atoms with van der Waals surface area (Å²) in [7, 11) is 0. The number of amides is 1. The molecule has 0 N–H and O–H groups in total. The maximum Gasteiger partial charge on any atom is 0.417 e. The monoisotopic (exact) mass is 336 g/mol. The first-order chi connectivity index (χ1) is 10.4. The van der Waals surface area contributed by atoms with Gasteiger partial charge in [-0.15, -0.1) is 0 Å². The summed E-state index contributed by atoms with van der Waals surface area (Å²) < 4.78 is 56.8. The maximum atomic E-state index is 14.0. The Morgan fingerprint density at radius 3 is 2.30 bits per heavy atom. The van der Waals surface area contributed by atoms with E-state index in [1.807, 2.05) is 0 Å². The molecule has 0 aliphatic heterocycles. The smallest absolute Gasteiger partial charge is 0.417 e. The van der Waals surface area contributed by atoms with Gasteiger partial charge in [-0.25, -0.2) is 9.18 Å². The van der Waals surface area contributed by atoms with Crippen molar-refractivity contribution in [1.29, 1.82) is 0 Å². The largest absolute Gasteiger partial charge is 0.444 e. The molecule has 0 aliphatic carbocycles. The SMILES string of the molecule is CCN(C(=O)OC(C)(C)C)C(C)c1ncc(C(F)(F)F)cc1F. The van der Waals surface area contributed by atoms with Gasteiger partial charge in [-0.05, 0) is 40.7 Å². The highest BCUT2D eigenvalue weighted by Gasteiger charge is 2.33. The first kappa shape index (κ1) is 19.2. The summed E-state index contributed by atoms with van der Waals surface area (Å²) in [4.78, 5) is 16.9. The van der Waals surface area contributed by atoms with Crippen molar-refractivity contribution in [2.75, 3.05) is 6.54 Å². The molecule has 0 aromatic carbocycles. The lowest BCUT2D eigenvalue weighted by atomic mass is 10.1. The number of carbonyl (C=O) groups excluding carboxylic acids is 1. The number of ether oxygens (including phenoxy) is 1. The first-order valence-electron chi connectivity index (χ1n) is 7.09. The van der Waals surface area contributed by atoms with Crippen LogP contribution in [0, 0.1) is 5.82 Å². The summed E-state index contributed by atoms with van der Waals surface area (Å²) in [6.45, 7) is 8.37. The highest BCUT2D eigenvalue weighted by molar-refractivity contribution is 5.68. The predicted molar refractivity (Wildman–Crippen MR) is 76.2 cm³/mol. The average molecular weight is 336 g/mol. The zero-order valence-corrected chi connectivity index (χ0v) is 13.7. The molecule has 0 bridgehead atoms. The zero-order valence-electron chi connectivity index (χ0n) is 13.7. The summed E-state index contributed by atoms with van der Waals surface area (Å²) in [5, 5.41) is 0. The van der Waals surface area contributed by atoms with Crippen molar-refractivity contribution < 1.29 is 27.1 Å². The molecule has 1 heterocycles. The minimum Gasteiger partial charge on any atom is -0.444 e. The molecule has 23 heavy (non-hydrogen) atoms. The van der Waals surface area contributed by atoms with Crippen LogP contribution in [0.5, 0.6) is 0 Å². The van der Waals surface area contributed by atoms with Crippen LogP contribution in [0.4, 0.5) is 22.4 Å². The van der Waals surface area contributed by atoms with Gasteiger partial charge in [0, 0.05) is 12.7 Å². The molecule has 0 spiro atoms. The number of hydrogen-bond acceptors (Lipinski definition) is 3. The van der Waals surface area contributed by atoms with Crippen LogP contribution in [0.2, 0.25) is 0 Å². The fourth-order valence-electron chi connectivity index (χ4n) is 1.94. The van der Waals surface area contributed by atoms with E-state index in [9.17, 15) is 22.4 Å². The van der Waals surface area contributed by atoms with Crippen LogP contribution in [0.1, 0.15) is 51.9 Å². The molecule has 0 fully saturated rings. The fourth-order valence-corrected chi connectivity index (χ4v) is 1.94. The van der Waals surface area contributed by atoms with E-state index in [1.165, 1.54) is 11.8 Å². The molecule has 1 aromatic heterocycles. The van der Waals surface area contributed by atoms with Crippen molar-refractivity contribution >= 4 is 6.09 Å². The number of carbonyl (C=O) groups is 1. The van der Waals surface area contributed by atoms with Gasteiger partial charge >= 0.3 is 12.3 Å². The Bertz CT molecular complexity index is 568. The number of aromatic nitrogens is 1. The van der Waals surface area contributed by atoms with E-state index in [-0.39, 0.29) is 12.2 Å². The third-order valence-electron chi connectivity index (χ3n) is 3.03. The average Bonchev–Trinajstić information content (AvgIpc) is 2.35. The van der Waals surface area contributed by atoms with Crippen molar-refractivity contribution in [2.24, 2.45) is 0 Å².